The highest BCUT2D eigenvalue weighted by atomic mass is 32.2. The van der Waals surface area contributed by atoms with E-state index >= 15 is 0 Å². The molecule has 1 aromatic rings. The Hall–Kier alpha value is -1.24. The normalized spacial score (nSPS) is 24.2. The van der Waals surface area contributed by atoms with Crippen molar-refractivity contribution in [1.82, 2.24) is 10.6 Å². The van der Waals surface area contributed by atoms with Crippen LogP contribution in [-0.4, -0.2) is 50.1 Å². The summed E-state index contributed by atoms with van der Waals surface area (Å²) in [7, 11) is 1.65. The van der Waals surface area contributed by atoms with Crippen molar-refractivity contribution in [2.24, 2.45) is 0 Å². The van der Waals surface area contributed by atoms with Crippen LogP contribution >= 0.6 is 11.8 Å². The summed E-state index contributed by atoms with van der Waals surface area (Å²) in [5, 5.41) is 6.85. The molecule has 0 unspecified atom stereocenters. The van der Waals surface area contributed by atoms with E-state index in [-0.39, 0.29) is 11.9 Å². The van der Waals surface area contributed by atoms with Gasteiger partial charge in [-0.2, -0.15) is 0 Å². The molecule has 1 saturated heterocycles. The van der Waals surface area contributed by atoms with E-state index in [2.05, 4.69) is 10.6 Å². The quantitative estimate of drug-likeness (QED) is 0.739. The van der Waals surface area contributed by atoms with Crippen LogP contribution in [0.15, 0.2) is 29.2 Å². The summed E-state index contributed by atoms with van der Waals surface area (Å²) in [4.78, 5) is 13.3. The van der Waals surface area contributed by atoms with Crippen molar-refractivity contribution < 1.29 is 14.3 Å². The van der Waals surface area contributed by atoms with E-state index in [1.165, 1.54) is 0 Å². The van der Waals surface area contributed by atoms with Gasteiger partial charge < -0.3 is 20.1 Å². The molecular formula is C18H26N2O3S. The Labute approximate surface area is 147 Å². The van der Waals surface area contributed by atoms with Crippen LogP contribution in [0.5, 0.6) is 5.75 Å². The smallest absolute Gasteiger partial charge is 0.230 e. The summed E-state index contributed by atoms with van der Waals surface area (Å²) in [5.41, 5.74) is 0. The third kappa shape index (κ3) is 4.88. The summed E-state index contributed by atoms with van der Waals surface area (Å²) in [5.74, 6) is 1.36. The average Bonchev–Trinajstić information content (AvgIpc) is 2.62. The molecule has 1 aliphatic heterocycles. The molecule has 1 amide bonds. The number of methoxy groups -OCH3 is 1. The molecule has 1 heterocycles. The number of benzene rings is 1. The van der Waals surface area contributed by atoms with E-state index in [0.717, 1.165) is 49.5 Å². The van der Waals surface area contributed by atoms with Crippen molar-refractivity contribution in [3.63, 3.8) is 0 Å². The second-order valence-corrected chi connectivity index (χ2v) is 7.43. The lowest BCUT2D eigenvalue weighted by atomic mass is 9.85. The molecular weight excluding hydrogens is 324 g/mol. The second-order valence-electron chi connectivity index (χ2n) is 6.38. The molecule has 2 atom stereocenters. The van der Waals surface area contributed by atoms with Gasteiger partial charge in [-0.05, 0) is 43.9 Å². The molecule has 1 aliphatic carbocycles. The first-order valence-electron chi connectivity index (χ1n) is 8.64. The number of hydrogen-bond donors (Lipinski definition) is 2. The Balaban J connectivity index is 1.39. The molecule has 3 rings (SSSR count). The maximum Gasteiger partial charge on any atom is 0.230 e. The summed E-state index contributed by atoms with van der Waals surface area (Å²) >= 11 is 1.54. The number of hydrogen-bond acceptors (Lipinski definition) is 5. The van der Waals surface area contributed by atoms with Crippen LogP contribution in [0.4, 0.5) is 0 Å². The minimum Gasteiger partial charge on any atom is -0.497 e. The first kappa shape index (κ1) is 17.6. The number of nitrogens with one attached hydrogen (secondary N) is 2. The topological polar surface area (TPSA) is 59.6 Å². The third-order valence-corrected chi connectivity index (χ3v) is 5.70. The fraction of sp³-hybridized carbons (Fsp3) is 0.611. The SMILES string of the molecule is COc1cccc(SCC(=O)N[C@H]2CC[C@H]2NC2CCOCC2)c1. The molecule has 2 fully saturated rings. The zero-order valence-electron chi connectivity index (χ0n) is 14.1. The summed E-state index contributed by atoms with van der Waals surface area (Å²) in [6.45, 7) is 1.69. The van der Waals surface area contributed by atoms with Crippen LogP contribution in [0.25, 0.3) is 0 Å². The van der Waals surface area contributed by atoms with Gasteiger partial charge in [-0.15, -0.1) is 11.8 Å². The Morgan fingerprint density at radius 1 is 1.25 bits per heavy atom. The van der Waals surface area contributed by atoms with Crippen molar-refractivity contribution in [3.8, 4) is 5.75 Å². The van der Waals surface area contributed by atoms with Gasteiger partial charge in [0.2, 0.25) is 5.91 Å². The molecule has 5 nitrogen and oxygen atoms in total. The highest BCUT2D eigenvalue weighted by Crippen LogP contribution is 2.24. The second kappa shape index (κ2) is 8.74. The highest BCUT2D eigenvalue weighted by molar-refractivity contribution is 8.00. The van der Waals surface area contributed by atoms with Gasteiger partial charge in [0.15, 0.2) is 0 Å². The lowest BCUT2D eigenvalue weighted by Crippen LogP contribution is -2.59. The molecule has 0 spiro atoms. The van der Waals surface area contributed by atoms with Crippen molar-refractivity contribution in [2.45, 2.75) is 48.7 Å². The van der Waals surface area contributed by atoms with Crippen LogP contribution in [0, 0.1) is 0 Å². The Kier molecular flexibility index (Phi) is 6.40. The van der Waals surface area contributed by atoms with Crippen LogP contribution in [0.3, 0.4) is 0 Å². The van der Waals surface area contributed by atoms with E-state index in [0.29, 0.717) is 17.8 Å². The monoisotopic (exact) mass is 350 g/mol. The van der Waals surface area contributed by atoms with E-state index in [1.54, 1.807) is 18.9 Å². The van der Waals surface area contributed by atoms with Gasteiger partial charge >= 0.3 is 0 Å². The molecule has 2 N–H and O–H groups in total. The first-order valence-corrected chi connectivity index (χ1v) is 9.63. The van der Waals surface area contributed by atoms with Crippen LogP contribution in [0.2, 0.25) is 0 Å². The Morgan fingerprint density at radius 3 is 2.75 bits per heavy atom. The Morgan fingerprint density at radius 2 is 2.04 bits per heavy atom. The number of carbonyl (C=O) groups is 1. The minimum atomic E-state index is 0.103. The zero-order valence-corrected chi connectivity index (χ0v) is 14.9. The number of ether oxygens (including phenoxy) is 2. The molecule has 132 valence electrons. The lowest BCUT2D eigenvalue weighted by molar-refractivity contribution is -0.120. The van der Waals surface area contributed by atoms with Crippen molar-refractivity contribution in [1.29, 1.82) is 0 Å². The number of rotatable bonds is 7. The molecule has 24 heavy (non-hydrogen) atoms. The van der Waals surface area contributed by atoms with Gasteiger partial charge in [0.05, 0.1) is 12.9 Å². The van der Waals surface area contributed by atoms with E-state index in [4.69, 9.17) is 9.47 Å². The van der Waals surface area contributed by atoms with Crippen LogP contribution in [0.1, 0.15) is 25.7 Å². The maximum atomic E-state index is 12.2. The summed E-state index contributed by atoms with van der Waals surface area (Å²) in [6.07, 6.45) is 4.35. The third-order valence-electron chi connectivity index (χ3n) is 4.70. The van der Waals surface area contributed by atoms with Gasteiger partial charge in [-0.1, -0.05) is 6.07 Å². The van der Waals surface area contributed by atoms with Gasteiger partial charge in [0, 0.05) is 36.2 Å². The van der Waals surface area contributed by atoms with Crippen molar-refractivity contribution >= 4 is 17.7 Å². The molecule has 1 aromatic carbocycles. The van der Waals surface area contributed by atoms with Gasteiger partial charge in [0.1, 0.15) is 5.75 Å². The van der Waals surface area contributed by atoms with E-state index < -0.39 is 0 Å². The van der Waals surface area contributed by atoms with E-state index in [1.807, 2.05) is 24.3 Å². The first-order chi connectivity index (χ1) is 11.7. The number of thioether (sulfide) groups is 1. The molecule has 0 radical (unpaired) electrons. The minimum absolute atomic E-state index is 0.103. The summed E-state index contributed by atoms with van der Waals surface area (Å²) < 4.78 is 10.6. The fourth-order valence-corrected chi connectivity index (χ4v) is 3.88. The van der Waals surface area contributed by atoms with Crippen molar-refractivity contribution in [2.75, 3.05) is 26.1 Å². The number of carbonyl (C=O) groups excluding carboxylic acids is 1. The average molecular weight is 350 g/mol. The predicted molar refractivity (Wildman–Crippen MR) is 95.6 cm³/mol. The summed E-state index contributed by atoms with van der Waals surface area (Å²) in [6, 6.07) is 9.03. The predicted octanol–water partition coefficient (Wildman–Crippen LogP) is 2.20. The molecule has 0 bridgehead atoms. The lowest BCUT2D eigenvalue weighted by Gasteiger charge is -2.41. The Bertz CT molecular complexity index is 549. The van der Waals surface area contributed by atoms with E-state index in [9.17, 15) is 4.79 Å². The van der Waals surface area contributed by atoms with Crippen LogP contribution < -0.4 is 15.4 Å². The molecule has 0 aromatic heterocycles. The highest BCUT2D eigenvalue weighted by Gasteiger charge is 2.33. The molecule has 6 heteroatoms. The molecule has 2 aliphatic rings. The maximum absolute atomic E-state index is 12.2. The van der Waals surface area contributed by atoms with Gasteiger partial charge in [0.25, 0.3) is 0 Å². The van der Waals surface area contributed by atoms with Gasteiger partial charge in [-0.25, -0.2) is 0 Å². The van der Waals surface area contributed by atoms with Gasteiger partial charge in [-0.3, -0.25) is 4.79 Å². The van der Waals surface area contributed by atoms with Crippen LogP contribution in [-0.2, 0) is 9.53 Å². The van der Waals surface area contributed by atoms with Crippen molar-refractivity contribution in [3.05, 3.63) is 24.3 Å². The zero-order chi connectivity index (χ0) is 16.8. The largest absolute Gasteiger partial charge is 0.497 e. The fourth-order valence-electron chi connectivity index (χ4n) is 3.13. The standard InChI is InChI=1S/C18H26N2O3S/c1-22-14-3-2-4-15(11-14)24-12-18(21)20-17-6-5-16(17)19-13-7-9-23-10-8-13/h2-4,11,13,16-17,19H,5-10,12H2,1H3,(H,20,21)/t16-,17+/m1/s1. The number of amides is 1. The molecule has 1 saturated carbocycles.